The van der Waals surface area contributed by atoms with E-state index in [4.69, 9.17) is 4.98 Å². The van der Waals surface area contributed by atoms with Gasteiger partial charge in [0.2, 0.25) is 5.95 Å². The van der Waals surface area contributed by atoms with E-state index in [1.807, 2.05) is 35.1 Å². The van der Waals surface area contributed by atoms with Crippen LogP contribution >= 0.6 is 11.3 Å². The molecule has 178 valence electrons. The molecule has 1 aliphatic carbocycles. The molecule has 0 spiro atoms. The van der Waals surface area contributed by atoms with Crippen molar-refractivity contribution in [2.24, 2.45) is 5.92 Å². The van der Waals surface area contributed by atoms with E-state index in [0.29, 0.717) is 17.4 Å². The number of aromatic nitrogens is 6. The molecular weight excluding hydrogens is 465 g/mol. The predicted molar refractivity (Wildman–Crippen MR) is 125 cm³/mol. The fourth-order valence-electron chi connectivity index (χ4n) is 4.33. The molecule has 34 heavy (non-hydrogen) atoms. The third kappa shape index (κ3) is 5.11. The monoisotopic (exact) mass is 488 g/mol. The summed E-state index contributed by atoms with van der Waals surface area (Å²) in [5.41, 5.74) is 2.15. The quantitative estimate of drug-likeness (QED) is 0.382. The number of alkyl halides is 3. The number of rotatable bonds is 7. The number of benzene rings is 1. The lowest BCUT2D eigenvalue weighted by atomic mass is 10.1. The number of anilines is 2. The van der Waals surface area contributed by atoms with Gasteiger partial charge in [0, 0.05) is 18.8 Å². The third-order valence-corrected chi connectivity index (χ3v) is 6.90. The van der Waals surface area contributed by atoms with Crippen LogP contribution in [0.4, 0.5) is 24.9 Å². The van der Waals surface area contributed by atoms with Gasteiger partial charge >= 0.3 is 6.18 Å². The van der Waals surface area contributed by atoms with Crippen molar-refractivity contribution < 1.29 is 13.2 Å². The van der Waals surface area contributed by atoms with E-state index in [1.54, 1.807) is 13.1 Å². The van der Waals surface area contributed by atoms with E-state index in [0.717, 1.165) is 46.6 Å². The van der Waals surface area contributed by atoms with Crippen LogP contribution in [0.25, 0.3) is 20.8 Å². The number of nitrogens with one attached hydrogen (secondary N) is 2. The summed E-state index contributed by atoms with van der Waals surface area (Å²) in [4.78, 5) is 13.5. The van der Waals surface area contributed by atoms with Crippen molar-refractivity contribution >= 4 is 33.3 Å². The Morgan fingerprint density at radius 3 is 2.76 bits per heavy atom. The second-order valence-corrected chi connectivity index (χ2v) is 9.49. The predicted octanol–water partition coefficient (Wildman–Crippen LogP) is 4.91. The zero-order chi connectivity index (χ0) is 23.7. The molecule has 1 aliphatic rings. The Kier molecular flexibility index (Phi) is 6.07. The molecule has 2 atom stereocenters. The van der Waals surface area contributed by atoms with E-state index >= 15 is 0 Å². The lowest BCUT2D eigenvalue weighted by Crippen LogP contribution is -2.24. The molecule has 0 aliphatic heterocycles. The van der Waals surface area contributed by atoms with Crippen LogP contribution in [0.1, 0.15) is 25.0 Å². The summed E-state index contributed by atoms with van der Waals surface area (Å²) in [6, 6.07) is 7.93. The SMILES string of the molecule is Cc1nc(NCC(F)(F)F)nc(NC2CCC(Cn3ccnn3)C2)c1-c1nc2ccccc2s1. The zero-order valence-corrected chi connectivity index (χ0v) is 19.2. The summed E-state index contributed by atoms with van der Waals surface area (Å²) in [7, 11) is 0. The minimum Gasteiger partial charge on any atom is -0.367 e. The number of fused-ring (bicyclic) bond motifs is 1. The molecule has 2 N–H and O–H groups in total. The van der Waals surface area contributed by atoms with E-state index in [9.17, 15) is 13.2 Å². The highest BCUT2D eigenvalue weighted by atomic mass is 32.1. The van der Waals surface area contributed by atoms with Crippen molar-refractivity contribution in [3.8, 4) is 10.6 Å². The summed E-state index contributed by atoms with van der Waals surface area (Å²) < 4.78 is 41.2. The Labute approximate surface area is 197 Å². The highest BCUT2D eigenvalue weighted by Crippen LogP contribution is 2.38. The third-order valence-electron chi connectivity index (χ3n) is 5.84. The van der Waals surface area contributed by atoms with E-state index < -0.39 is 12.7 Å². The second kappa shape index (κ2) is 9.16. The minimum atomic E-state index is -4.36. The Morgan fingerprint density at radius 1 is 1.15 bits per heavy atom. The molecule has 3 aromatic heterocycles. The number of hydrogen-bond donors (Lipinski definition) is 2. The van der Waals surface area contributed by atoms with Gasteiger partial charge in [0.05, 0.1) is 27.7 Å². The molecule has 4 aromatic rings. The molecule has 0 amide bonds. The summed E-state index contributed by atoms with van der Waals surface area (Å²) in [5.74, 6) is 0.873. The molecule has 1 saturated carbocycles. The van der Waals surface area contributed by atoms with Crippen LogP contribution in [0, 0.1) is 12.8 Å². The maximum atomic E-state index is 12.8. The van der Waals surface area contributed by atoms with Gasteiger partial charge < -0.3 is 10.6 Å². The zero-order valence-electron chi connectivity index (χ0n) is 18.4. The second-order valence-electron chi connectivity index (χ2n) is 8.46. The Hall–Kier alpha value is -3.28. The van der Waals surface area contributed by atoms with Crippen molar-refractivity contribution in [1.82, 2.24) is 29.9 Å². The maximum Gasteiger partial charge on any atom is 0.405 e. The molecule has 12 heteroatoms. The topological polar surface area (TPSA) is 93.4 Å². The van der Waals surface area contributed by atoms with Gasteiger partial charge in [-0.2, -0.15) is 18.2 Å². The normalized spacial score (nSPS) is 18.5. The summed E-state index contributed by atoms with van der Waals surface area (Å²) in [6.07, 6.45) is 1.97. The van der Waals surface area contributed by atoms with Gasteiger partial charge in [0.15, 0.2) is 0 Å². The first-order valence-electron chi connectivity index (χ1n) is 11.0. The smallest absolute Gasteiger partial charge is 0.367 e. The number of hydrogen-bond acceptors (Lipinski definition) is 8. The summed E-state index contributed by atoms with van der Waals surface area (Å²) in [6.45, 7) is 1.36. The van der Waals surface area contributed by atoms with Crippen molar-refractivity contribution in [3.63, 3.8) is 0 Å². The number of nitrogens with zero attached hydrogens (tertiary/aromatic N) is 6. The Bertz CT molecular complexity index is 1240. The van der Waals surface area contributed by atoms with Crippen LogP contribution < -0.4 is 10.6 Å². The van der Waals surface area contributed by atoms with Crippen molar-refractivity contribution in [2.45, 2.75) is 44.9 Å². The number of aryl methyl sites for hydroxylation is 1. The van der Waals surface area contributed by atoms with Gasteiger partial charge in [-0.15, -0.1) is 16.4 Å². The van der Waals surface area contributed by atoms with E-state index in [2.05, 4.69) is 30.9 Å². The first kappa shape index (κ1) is 22.5. The van der Waals surface area contributed by atoms with Crippen LogP contribution in [0.15, 0.2) is 36.7 Å². The summed E-state index contributed by atoms with van der Waals surface area (Å²) in [5, 5.41) is 14.4. The highest BCUT2D eigenvalue weighted by molar-refractivity contribution is 7.21. The largest absolute Gasteiger partial charge is 0.405 e. The van der Waals surface area contributed by atoms with E-state index in [-0.39, 0.29) is 12.0 Å². The average Bonchev–Trinajstić information content (AvgIpc) is 3.53. The van der Waals surface area contributed by atoms with Crippen LogP contribution in [0.5, 0.6) is 0 Å². The van der Waals surface area contributed by atoms with E-state index in [1.165, 1.54) is 11.3 Å². The van der Waals surface area contributed by atoms with Crippen molar-refractivity contribution in [1.29, 1.82) is 0 Å². The number of thiazole rings is 1. The number of para-hydroxylation sites is 1. The van der Waals surface area contributed by atoms with Gasteiger partial charge in [-0.05, 0) is 44.2 Å². The first-order valence-corrected chi connectivity index (χ1v) is 11.8. The molecule has 0 saturated heterocycles. The standard InChI is InChI=1S/C22H23F3N8S/c1-13-18(20-30-16-4-2-3-5-17(16)34-20)19(31-21(28-13)26-12-22(23,24)25)29-15-7-6-14(10-15)11-33-9-8-27-32-33/h2-5,8-9,14-15H,6-7,10-12H2,1H3,(H2,26,28,29,31). The average molecular weight is 489 g/mol. The van der Waals surface area contributed by atoms with Gasteiger partial charge in [0.1, 0.15) is 17.4 Å². The van der Waals surface area contributed by atoms with Gasteiger partial charge in [-0.3, -0.25) is 4.68 Å². The fraction of sp³-hybridized carbons (Fsp3) is 0.409. The van der Waals surface area contributed by atoms with Crippen LogP contribution in [0.2, 0.25) is 0 Å². The Morgan fingerprint density at radius 2 is 2.00 bits per heavy atom. The molecule has 1 aromatic carbocycles. The molecule has 1 fully saturated rings. The molecule has 2 unspecified atom stereocenters. The Balaban J connectivity index is 1.43. The van der Waals surface area contributed by atoms with Crippen molar-refractivity contribution in [2.75, 3.05) is 17.2 Å². The van der Waals surface area contributed by atoms with Crippen LogP contribution in [-0.2, 0) is 6.54 Å². The number of halogens is 3. The fourth-order valence-corrected chi connectivity index (χ4v) is 5.39. The summed E-state index contributed by atoms with van der Waals surface area (Å²) >= 11 is 1.51. The van der Waals surface area contributed by atoms with Crippen LogP contribution in [-0.4, -0.2) is 48.7 Å². The van der Waals surface area contributed by atoms with Gasteiger partial charge in [0.25, 0.3) is 0 Å². The van der Waals surface area contributed by atoms with Gasteiger partial charge in [-0.1, -0.05) is 17.3 Å². The molecule has 0 radical (unpaired) electrons. The van der Waals surface area contributed by atoms with Crippen LogP contribution in [0.3, 0.4) is 0 Å². The minimum absolute atomic E-state index is 0.0562. The molecule has 8 nitrogen and oxygen atoms in total. The van der Waals surface area contributed by atoms with Gasteiger partial charge in [-0.25, -0.2) is 9.97 Å². The lowest BCUT2D eigenvalue weighted by molar-refractivity contribution is -0.115. The maximum absolute atomic E-state index is 12.8. The highest BCUT2D eigenvalue weighted by Gasteiger charge is 2.29. The lowest BCUT2D eigenvalue weighted by Gasteiger charge is -2.19. The molecule has 5 rings (SSSR count). The first-order chi connectivity index (χ1) is 16.3. The molecular formula is C22H23F3N8S. The molecule has 3 heterocycles. The van der Waals surface area contributed by atoms with Crippen molar-refractivity contribution in [3.05, 3.63) is 42.4 Å². The molecule has 0 bridgehead atoms.